The predicted molar refractivity (Wildman–Crippen MR) is 111 cm³/mol. The zero-order chi connectivity index (χ0) is 17.9. The highest BCUT2D eigenvalue weighted by molar-refractivity contribution is 14.1. The molecule has 2 aromatic rings. The van der Waals surface area contributed by atoms with Crippen molar-refractivity contribution in [1.82, 2.24) is 5.43 Å². The van der Waals surface area contributed by atoms with Crippen molar-refractivity contribution in [3.8, 4) is 5.75 Å². The first-order valence-electron chi connectivity index (χ1n) is 7.75. The number of hydrazone groups is 1. The van der Waals surface area contributed by atoms with Crippen molar-refractivity contribution in [1.29, 1.82) is 0 Å². The van der Waals surface area contributed by atoms with E-state index in [2.05, 4.69) is 33.1 Å². The van der Waals surface area contributed by atoms with Crippen LogP contribution < -0.4 is 10.2 Å². The summed E-state index contributed by atoms with van der Waals surface area (Å²) >= 11 is 2.21. The zero-order valence-electron chi connectivity index (χ0n) is 13.9. The van der Waals surface area contributed by atoms with Crippen molar-refractivity contribution in [2.45, 2.75) is 6.92 Å². The van der Waals surface area contributed by atoms with Crippen LogP contribution in [0, 0.1) is 3.57 Å². The molecule has 0 bridgehead atoms. The second kappa shape index (κ2) is 10.5. The minimum absolute atomic E-state index is 0.0744. The van der Waals surface area contributed by atoms with Gasteiger partial charge in [-0.25, -0.2) is 5.43 Å². The smallest absolute Gasteiger partial charge is 0.277 e. The average Bonchev–Trinajstić information content (AvgIpc) is 2.64. The monoisotopic (exact) mass is 446 g/mol. The van der Waals surface area contributed by atoms with Crippen LogP contribution in [0.1, 0.15) is 12.5 Å². The van der Waals surface area contributed by atoms with Gasteiger partial charge in [0.15, 0.2) is 6.61 Å². The van der Waals surface area contributed by atoms with Crippen LogP contribution in [0.2, 0.25) is 0 Å². The van der Waals surface area contributed by atoms with Crippen LogP contribution in [0.3, 0.4) is 0 Å². The first-order chi connectivity index (χ1) is 12.1. The fourth-order valence-electron chi connectivity index (χ4n) is 1.83. The van der Waals surface area contributed by atoms with E-state index in [1.165, 1.54) is 0 Å². The fraction of sp³-hybridized carbons (Fsp3) is 0.100. The number of benzene rings is 2. The first kappa shape index (κ1) is 18.9. The van der Waals surface area contributed by atoms with Gasteiger partial charge in [-0.1, -0.05) is 48.6 Å². The highest BCUT2D eigenvalue weighted by atomic mass is 127. The third-order valence-electron chi connectivity index (χ3n) is 3.08. The number of hydrogen-bond acceptors (Lipinski definition) is 3. The molecule has 0 saturated heterocycles. The van der Waals surface area contributed by atoms with Gasteiger partial charge in [-0.3, -0.25) is 4.79 Å². The summed E-state index contributed by atoms with van der Waals surface area (Å²) in [7, 11) is 0. The van der Waals surface area contributed by atoms with Gasteiger partial charge in [-0.2, -0.15) is 5.10 Å². The van der Waals surface area contributed by atoms with Crippen molar-refractivity contribution in [3.63, 3.8) is 0 Å². The minimum Gasteiger partial charge on any atom is -0.484 e. The molecular formula is C20H19IN2O2. The third-order valence-corrected chi connectivity index (χ3v) is 3.80. The maximum absolute atomic E-state index is 11.7. The molecule has 0 aromatic heterocycles. The standard InChI is InChI=1S/C20H19IN2O2/c1-16(7-5-6-10-17-8-3-2-4-9-17)22-23-20(24)15-25-19-13-11-18(21)12-14-19/h2-14H,15H2,1H3,(H,23,24). The normalized spacial score (nSPS) is 11.8. The number of rotatable bonds is 7. The maximum Gasteiger partial charge on any atom is 0.277 e. The molecule has 128 valence electrons. The number of carbonyl (C=O) groups excluding carboxylic acids is 1. The van der Waals surface area contributed by atoms with Gasteiger partial charge in [-0.15, -0.1) is 0 Å². The summed E-state index contributed by atoms with van der Waals surface area (Å²) in [5, 5.41) is 4.01. The number of carbonyl (C=O) groups is 1. The summed E-state index contributed by atoms with van der Waals surface area (Å²) in [4.78, 5) is 11.7. The van der Waals surface area contributed by atoms with E-state index in [9.17, 15) is 4.79 Å². The Morgan fingerprint density at radius 2 is 1.84 bits per heavy atom. The molecule has 2 rings (SSSR count). The van der Waals surface area contributed by atoms with E-state index in [4.69, 9.17) is 4.74 Å². The highest BCUT2D eigenvalue weighted by Crippen LogP contribution is 2.13. The number of nitrogens with zero attached hydrogens (tertiary/aromatic N) is 1. The van der Waals surface area contributed by atoms with Crippen LogP contribution in [-0.4, -0.2) is 18.2 Å². The van der Waals surface area contributed by atoms with Crippen LogP contribution in [-0.2, 0) is 4.79 Å². The molecule has 0 heterocycles. The summed E-state index contributed by atoms with van der Waals surface area (Å²) in [5.41, 5.74) is 4.29. The van der Waals surface area contributed by atoms with E-state index in [0.717, 1.165) is 9.13 Å². The van der Waals surface area contributed by atoms with Crippen LogP contribution in [0.5, 0.6) is 5.75 Å². The van der Waals surface area contributed by atoms with Gasteiger partial charge in [0.05, 0.1) is 5.71 Å². The highest BCUT2D eigenvalue weighted by Gasteiger charge is 2.01. The SMILES string of the molecule is CC(C=CC=Cc1ccccc1)=NNC(=O)COc1ccc(I)cc1. The van der Waals surface area contributed by atoms with E-state index in [1.54, 1.807) is 0 Å². The Balaban J connectivity index is 1.74. The molecule has 0 radical (unpaired) electrons. The lowest BCUT2D eigenvalue weighted by molar-refractivity contribution is -0.123. The van der Waals surface area contributed by atoms with Gasteiger partial charge in [0.25, 0.3) is 5.91 Å². The number of hydrogen-bond donors (Lipinski definition) is 1. The molecule has 0 aliphatic heterocycles. The average molecular weight is 446 g/mol. The topological polar surface area (TPSA) is 50.7 Å². The maximum atomic E-state index is 11.7. The van der Waals surface area contributed by atoms with E-state index < -0.39 is 0 Å². The van der Waals surface area contributed by atoms with E-state index in [1.807, 2.05) is 85.8 Å². The molecule has 25 heavy (non-hydrogen) atoms. The van der Waals surface area contributed by atoms with Crippen molar-refractivity contribution in [2.24, 2.45) is 5.10 Å². The molecule has 0 aliphatic rings. The van der Waals surface area contributed by atoms with Crippen molar-refractivity contribution in [2.75, 3.05) is 6.61 Å². The molecule has 5 heteroatoms. The quantitative estimate of drug-likeness (QED) is 0.296. The number of halogens is 1. The summed E-state index contributed by atoms with van der Waals surface area (Å²) in [6.07, 6.45) is 7.62. The van der Waals surface area contributed by atoms with Gasteiger partial charge in [0, 0.05) is 3.57 Å². The molecule has 2 aromatic carbocycles. The number of amides is 1. The lowest BCUT2D eigenvalue weighted by Gasteiger charge is -2.05. The molecule has 0 unspecified atom stereocenters. The van der Waals surface area contributed by atoms with Gasteiger partial charge in [-0.05, 0) is 65.4 Å². The van der Waals surface area contributed by atoms with E-state index in [-0.39, 0.29) is 12.5 Å². The minimum atomic E-state index is -0.300. The van der Waals surface area contributed by atoms with Gasteiger partial charge in [0.2, 0.25) is 0 Å². The number of ether oxygens (including phenoxy) is 1. The van der Waals surface area contributed by atoms with Crippen LogP contribution in [0.15, 0.2) is 77.9 Å². The zero-order valence-corrected chi connectivity index (χ0v) is 16.0. The molecule has 0 saturated carbocycles. The van der Waals surface area contributed by atoms with Gasteiger partial charge >= 0.3 is 0 Å². The Morgan fingerprint density at radius 3 is 2.56 bits per heavy atom. The molecule has 0 atom stereocenters. The first-order valence-corrected chi connectivity index (χ1v) is 8.82. The predicted octanol–water partition coefficient (Wildman–Crippen LogP) is 4.43. The summed E-state index contributed by atoms with van der Waals surface area (Å²) in [6.45, 7) is 1.74. The largest absolute Gasteiger partial charge is 0.484 e. The van der Waals surface area contributed by atoms with E-state index >= 15 is 0 Å². The van der Waals surface area contributed by atoms with Crippen LogP contribution >= 0.6 is 22.6 Å². The Bertz CT molecular complexity index is 766. The molecule has 0 aliphatic carbocycles. The van der Waals surface area contributed by atoms with Crippen LogP contribution in [0.4, 0.5) is 0 Å². The Kier molecular flexibility index (Phi) is 7.91. The van der Waals surface area contributed by atoms with Gasteiger partial charge in [0.1, 0.15) is 5.75 Å². The van der Waals surface area contributed by atoms with Crippen molar-refractivity contribution < 1.29 is 9.53 Å². The molecule has 4 nitrogen and oxygen atoms in total. The Morgan fingerprint density at radius 1 is 1.12 bits per heavy atom. The van der Waals surface area contributed by atoms with Crippen LogP contribution in [0.25, 0.3) is 6.08 Å². The van der Waals surface area contributed by atoms with Gasteiger partial charge < -0.3 is 4.74 Å². The number of allylic oxidation sites excluding steroid dienone is 3. The number of nitrogens with one attached hydrogen (secondary N) is 1. The van der Waals surface area contributed by atoms with Crippen molar-refractivity contribution >= 4 is 40.3 Å². The van der Waals surface area contributed by atoms with Crippen molar-refractivity contribution in [3.05, 3.63) is 82.0 Å². The second-order valence-electron chi connectivity index (χ2n) is 5.16. The van der Waals surface area contributed by atoms with E-state index in [0.29, 0.717) is 11.5 Å². The molecule has 1 N–H and O–H groups in total. The Hall–Kier alpha value is -2.41. The fourth-order valence-corrected chi connectivity index (χ4v) is 2.18. The second-order valence-corrected chi connectivity index (χ2v) is 6.41. The summed E-state index contributed by atoms with van der Waals surface area (Å²) in [5.74, 6) is 0.355. The lowest BCUT2D eigenvalue weighted by atomic mass is 10.2. The third kappa shape index (κ3) is 7.80. The molecule has 0 spiro atoms. The Labute approximate surface area is 161 Å². The lowest BCUT2D eigenvalue weighted by Crippen LogP contribution is -2.25. The molecular weight excluding hydrogens is 427 g/mol. The summed E-state index contributed by atoms with van der Waals surface area (Å²) in [6, 6.07) is 17.5. The molecule has 1 amide bonds. The molecule has 0 fully saturated rings. The summed E-state index contributed by atoms with van der Waals surface area (Å²) < 4.78 is 6.50.